The standard InChI is InChI=1S/C24H30N6O2/c1-17-7-5-6-8-19(17)26-24(32)30-13-11-29(12-14-30)16-22-25-20-15-18(23(31)27(2)3)9-10-21(20)28(22)4/h5-10,15H,11-14,16H2,1-4H3,(H,26,32). The predicted octanol–water partition coefficient (Wildman–Crippen LogP) is 2.93. The number of nitrogens with zero attached hydrogens (tertiary/aromatic N) is 5. The van der Waals surface area contributed by atoms with E-state index in [0.717, 1.165) is 41.2 Å². The van der Waals surface area contributed by atoms with Crippen LogP contribution in [-0.4, -0.2) is 76.5 Å². The molecule has 1 N–H and O–H groups in total. The number of carbonyl (C=O) groups excluding carboxylic acids is 2. The first kappa shape index (κ1) is 21.8. The van der Waals surface area contributed by atoms with Crippen LogP contribution in [-0.2, 0) is 13.6 Å². The summed E-state index contributed by atoms with van der Waals surface area (Å²) in [7, 11) is 5.50. The van der Waals surface area contributed by atoms with Gasteiger partial charge in [0.1, 0.15) is 5.82 Å². The molecule has 0 bridgehead atoms. The molecule has 4 rings (SSSR count). The van der Waals surface area contributed by atoms with Crippen LogP contribution < -0.4 is 5.32 Å². The van der Waals surface area contributed by atoms with Crippen LogP contribution in [0.15, 0.2) is 42.5 Å². The molecule has 0 unspecified atom stereocenters. The first-order valence-electron chi connectivity index (χ1n) is 10.8. The lowest BCUT2D eigenvalue weighted by Gasteiger charge is -2.34. The number of benzene rings is 2. The fourth-order valence-corrected chi connectivity index (χ4v) is 4.00. The van der Waals surface area contributed by atoms with Gasteiger partial charge in [0.15, 0.2) is 0 Å². The number of nitrogens with one attached hydrogen (secondary N) is 1. The van der Waals surface area contributed by atoms with Gasteiger partial charge in [-0.3, -0.25) is 9.69 Å². The van der Waals surface area contributed by atoms with Crippen LogP contribution in [0, 0.1) is 6.92 Å². The Morgan fingerprint density at radius 3 is 2.47 bits per heavy atom. The second-order valence-electron chi connectivity index (χ2n) is 8.50. The lowest BCUT2D eigenvalue weighted by Crippen LogP contribution is -2.49. The molecule has 1 fully saturated rings. The summed E-state index contributed by atoms with van der Waals surface area (Å²) in [4.78, 5) is 35.4. The summed E-state index contributed by atoms with van der Waals surface area (Å²) < 4.78 is 2.08. The molecule has 8 nitrogen and oxygen atoms in total. The van der Waals surface area contributed by atoms with Crippen LogP contribution >= 0.6 is 0 Å². The van der Waals surface area contributed by atoms with E-state index >= 15 is 0 Å². The molecule has 2 aromatic carbocycles. The Morgan fingerprint density at radius 1 is 1.06 bits per heavy atom. The third-order valence-electron chi connectivity index (χ3n) is 6.04. The van der Waals surface area contributed by atoms with E-state index in [1.807, 2.05) is 61.3 Å². The number of aryl methyl sites for hydroxylation is 2. The van der Waals surface area contributed by atoms with Crippen molar-refractivity contribution in [1.82, 2.24) is 24.3 Å². The number of urea groups is 1. The summed E-state index contributed by atoms with van der Waals surface area (Å²) in [5.41, 5.74) is 4.38. The van der Waals surface area contributed by atoms with Gasteiger partial charge in [-0.2, -0.15) is 0 Å². The number of piperazine rings is 1. The molecule has 0 radical (unpaired) electrons. The molecule has 0 atom stereocenters. The number of aromatic nitrogens is 2. The maximum atomic E-state index is 12.6. The van der Waals surface area contributed by atoms with Gasteiger partial charge in [0, 0.05) is 58.6 Å². The van der Waals surface area contributed by atoms with E-state index in [9.17, 15) is 9.59 Å². The Balaban J connectivity index is 1.38. The van der Waals surface area contributed by atoms with E-state index in [1.54, 1.807) is 19.0 Å². The maximum Gasteiger partial charge on any atom is 0.321 e. The topological polar surface area (TPSA) is 73.7 Å². The highest BCUT2D eigenvalue weighted by molar-refractivity contribution is 5.97. The van der Waals surface area contributed by atoms with Crippen molar-refractivity contribution in [3.8, 4) is 0 Å². The molecule has 2 heterocycles. The summed E-state index contributed by atoms with van der Waals surface area (Å²) in [6.45, 7) is 5.61. The van der Waals surface area contributed by atoms with Crippen LogP contribution in [0.3, 0.4) is 0 Å². The third kappa shape index (κ3) is 4.45. The zero-order valence-electron chi connectivity index (χ0n) is 19.1. The largest absolute Gasteiger partial charge is 0.345 e. The summed E-state index contributed by atoms with van der Waals surface area (Å²) in [6.07, 6.45) is 0. The number of rotatable bonds is 4. The van der Waals surface area contributed by atoms with Gasteiger partial charge in [-0.15, -0.1) is 0 Å². The van der Waals surface area contributed by atoms with Crippen molar-refractivity contribution in [2.45, 2.75) is 13.5 Å². The Bertz CT molecular complexity index is 1140. The molecular formula is C24H30N6O2. The fraction of sp³-hybridized carbons (Fsp3) is 0.375. The zero-order valence-corrected chi connectivity index (χ0v) is 19.1. The van der Waals surface area contributed by atoms with Crippen molar-refractivity contribution in [3.05, 3.63) is 59.4 Å². The van der Waals surface area contributed by atoms with Gasteiger partial charge in [0.05, 0.1) is 17.6 Å². The van der Waals surface area contributed by atoms with Gasteiger partial charge in [-0.25, -0.2) is 9.78 Å². The highest BCUT2D eigenvalue weighted by atomic mass is 16.2. The maximum absolute atomic E-state index is 12.6. The molecular weight excluding hydrogens is 404 g/mol. The van der Waals surface area contributed by atoms with Gasteiger partial charge in [0.2, 0.25) is 0 Å². The van der Waals surface area contributed by atoms with Gasteiger partial charge in [-0.05, 0) is 36.8 Å². The van der Waals surface area contributed by atoms with Crippen molar-refractivity contribution < 1.29 is 9.59 Å². The number of fused-ring (bicyclic) bond motifs is 1. The molecule has 1 saturated heterocycles. The summed E-state index contributed by atoms with van der Waals surface area (Å²) in [5.74, 6) is 0.923. The first-order valence-corrected chi connectivity index (χ1v) is 10.8. The number of carbonyl (C=O) groups is 2. The van der Waals surface area contributed by atoms with Crippen LogP contribution in [0.4, 0.5) is 10.5 Å². The molecule has 3 amide bonds. The Kier molecular flexibility index (Phi) is 6.14. The van der Waals surface area contributed by atoms with Crippen LogP contribution in [0.5, 0.6) is 0 Å². The number of imidazole rings is 1. The molecule has 0 saturated carbocycles. The average molecular weight is 435 g/mol. The number of hydrogen-bond donors (Lipinski definition) is 1. The fourth-order valence-electron chi connectivity index (χ4n) is 4.00. The highest BCUT2D eigenvalue weighted by Gasteiger charge is 2.23. The van der Waals surface area contributed by atoms with E-state index < -0.39 is 0 Å². The van der Waals surface area contributed by atoms with E-state index in [-0.39, 0.29) is 11.9 Å². The minimum atomic E-state index is -0.0558. The van der Waals surface area contributed by atoms with Crippen LogP contribution in [0.25, 0.3) is 11.0 Å². The normalized spacial score (nSPS) is 14.6. The van der Waals surface area contributed by atoms with Gasteiger partial charge < -0.3 is 19.7 Å². The molecule has 168 valence electrons. The second-order valence-corrected chi connectivity index (χ2v) is 8.50. The Morgan fingerprint density at radius 2 is 1.78 bits per heavy atom. The quantitative estimate of drug-likeness (QED) is 0.685. The number of anilines is 1. The van der Waals surface area contributed by atoms with E-state index in [2.05, 4.69) is 14.8 Å². The van der Waals surface area contributed by atoms with E-state index in [1.165, 1.54) is 0 Å². The van der Waals surface area contributed by atoms with Crippen molar-refractivity contribution >= 4 is 28.7 Å². The molecule has 0 aliphatic carbocycles. The van der Waals surface area contributed by atoms with Gasteiger partial charge in [0.25, 0.3) is 5.91 Å². The number of hydrogen-bond acceptors (Lipinski definition) is 4. The smallest absolute Gasteiger partial charge is 0.321 e. The molecule has 3 aromatic rings. The molecule has 1 aliphatic heterocycles. The average Bonchev–Trinajstić information content (AvgIpc) is 3.09. The number of amides is 3. The summed E-state index contributed by atoms with van der Waals surface area (Å²) >= 11 is 0. The minimum absolute atomic E-state index is 0.0285. The Labute approximate surface area is 188 Å². The third-order valence-corrected chi connectivity index (χ3v) is 6.04. The summed E-state index contributed by atoms with van der Waals surface area (Å²) in [6, 6.07) is 13.4. The molecule has 0 spiro atoms. The van der Waals surface area contributed by atoms with E-state index in [4.69, 9.17) is 4.98 Å². The van der Waals surface area contributed by atoms with Crippen molar-refractivity contribution in [1.29, 1.82) is 0 Å². The van der Waals surface area contributed by atoms with E-state index in [0.29, 0.717) is 25.2 Å². The molecule has 1 aliphatic rings. The minimum Gasteiger partial charge on any atom is -0.345 e. The molecule has 8 heteroatoms. The van der Waals surface area contributed by atoms with Crippen molar-refractivity contribution in [3.63, 3.8) is 0 Å². The van der Waals surface area contributed by atoms with Crippen LogP contribution in [0.2, 0.25) is 0 Å². The highest BCUT2D eigenvalue weighted by Crippen LogP contribution is 2.20. The van der Waals surface area contributed by atoms with Gasteiger partial charge in [-0.1, -0.05) is 18.2 Å². The second kappa shape index (κ2) is 9.00. The monoisotopic (exact) mass is 434 g/mol. The summed E-state index contributed by atoms with van der Waals surface area (Å²) in [5, 5.41) is 3.01. The molecule has 32 heavy (non-hydrogen) atoms. The zero-order chi connectivity index (χ0) is 22.8. The molecule has 1 aromatic heterocycles. The van der Waals surface area contributed by atoms with Crippen molar-refractivity contribution in [2.75, 3.05) is 45.6 Å². The number of para-hydroxylation sites is 1. The lowest BCUT2D eigenvalue weighted by molar-refractivity contribution is 0.0827. The first-order chi connectivity index (χ1) is 15.3. The lowest BCUT2D eigenvalue weighted by atomic mass is 10.2. The van der Waals surface area contributed by atoms with Crippen molar-refractivity contribution in [2.24, 2.45) is 7.05 Å². The predicted molar refractivity (Wildman–Crippen MR) is 126 cm³/mol. The van der Waals surface area contributed by atoms with Crippen LogP contribution in [0.1, 0.15) is 21.7 Å². The SMILES string of the molecule is Cc1ccccc1NC(=O)N1CCN(Cc2nc3cc(C(=O)N(C)C)ccc3n2C)CC1. The van der Waals surface area contributed by atoms with Gasteiger partial charge >= 0.3 is 6.03 Å². The Hall–Kier alpha value is -3.39.